The van der Waals surface area contributed by atoms with Crippen molar-refractivity contribution in [2.24, 2.45) is 5.41 Å². The Bertz CT molecular complexity index is 755. The van der Waals surface area contributed by atoms with Crippen LogP contribution in [0, 0.1) is 12.3 Å². The van der Waals surface area contributed by atoms with E-state index in [-0.39, 0.29) is 11.3 Å². The molecule has 1 saturated heterocycles. The molecule has 1 aliphatic heterocycles. The SMILES string of the molecule is COc1ccc2[nH]c(C)c(CC3CCCN3C(=O)C(C)(C)C)c2c1. The highest BCUT2D eigenvalue weighted by Gasteiger charge is 2.35. The number of amides is 1. The molecule has 2 heterocycles. The zero-order chi connectivity index (χ0) is 17.5. The number of hydrogen-bond donors (Lipinski definition) is 1. The number of nitrogens with zero attached hydrogens (tertiary/aromatic N) is 1. The molecule has 4 nitrogen and oxygen atoms in total. The third kappa shape index (κ3) is 3.02. The molecule has 1 aromatic heterocycles. The van der Waals surface area contributed by atoms with Crippen molar-refractivity contribution in [2.75, 3.05) is 13.7 Å². The molecule has 130 valence electrons. The van der Waals surface area contributed by atoms with E-state index in [9.17, 15) is 4.79 Å². The second-order valence-corrected chi connectivity index (χ2v) is 7.89. The van der Waals surface area contributed by atoms with Crippen LogP contribution in [-0.4, -0.2) is 35.5 Å². The Morgan fingerprint density at radius 3 is 2.79 bits per heavy atom. The van der Waals surface area contributed by atoms with Gasteiger partial charge < -0.3 is 14.6 Å². The molecule has 1 aromatic carbocycles. The summed E-state index contributed by atoms with van der Waals surface area (Å²) < 4.78 is 5.38. The summed E-state index contributed by atoms with van der Waals surface area (Å²) in [5.41, 5.74) is 3.31. The summed E-state index contributed by atoms with van der Waals surface area (Å²) in [4.78, 5) is 18.3. The second-order valence-electron chi connectivity index (χ2n) is 7.89. The number of H-pyrrole nitrogens is 1. The highest BCUT2D eigenvalue weighted by molar-refractivity contribution is 5.86. The van der Waals surface area contributed by atoms with Gasteiger partial charge in [0.2, 0.25) is 5.91 Å². The van der Waals surface area contributed by atoms with E-state index in [1.54, 1.807) is 7.11 Å². The molecular weight excluding hydrogens is 300 g/mol. The molecule has 1 N–H and O–H groups in total. The Morgan fingerprint density at radius 1 is 1.38 bits per heavy atom. The average Bonchev–Trinajstić information content (AvgIpc) is 3.10. The lowest BCUT2D eigenvalue weighted by Gasteiger charge is -2.31. The van der Waals surface area contributed by atoms with E-state index >= 15 is 0 Å². The van der Waals surface area contributed by atoms with Crippen LogP contribution in [0.3, 0.4) is 0 Å². The minimum Gasteiger partial charge on any atom is -0.497 e. The Morgan fingerprint density at radius 2 is 2.12 bits per heavy atom. The maximum absolute atomic E-state index is 12.8. The van der Waals surface area contributed by atoms with Crippen molar-refractivity contribution >= 4 is 16.8 Å². The first-order valence-electron chi connectivity index (χ1n) is 8.77. The fourth-order valence-electron chi connectivity index (χ4n) is 3.73. The van der Waals surface area contributed by atoms with Crippen LogP contribution in [0.4, 0.5) is 0 Å². The van der Waals surface area contributed by atoms with Crippen LogP contribution in [-0.2, 0) is 11.2 Å². The van der Waals surface area contributed by atoms with Gasteiger partial charge in [-0.2, -0.15) is 0 Å². The fourth-order valence-corrected chi connectivity index (χ4v) is 3.73. The number of rotatable bonds is 3. The molecule has 1 fully saturated rings. The van der Waals surface area contributed by atoms with Crippen molar-refractivity contribution in [1.29, 1.82) is 0 Å². The maximum Gasteiger partial charge on any atom is 0.228 e. The van der Waals surface area contributed by atoms with Crippen LogP contribution < -0.4 is 4.74 Å². The number of aryl methyl sites for hydroxylation is 1. The van der Waals surface area contributed by atoms with Crippen LogP contribution in [0.1, 0.15) is 44.9 Å². The van der Waals surface area contributed by atoms with Crippen LogP contribution in [0.2, 0.25) is 0 Å². The molecule has 24 heavy (non-hydrogen) atoms. The first-order valence-corrected chi connectivity index (χ1v) is 8.77. The Hall–Kier alpha value is -1.97. The van der Waals surface area contributed by atoms with Gasteiger partial charge in [-0.05, 0) is 49.9 Å². The van der Waals surface area contributed by atoms with E-state index in [0.717, 1.165) is 37.1 Å². The van der Waals surface area contributed by atoms with Crippen molar-refractivity contribution in [3.8, 4) is 5.75 Å². The van der Waals surface area contributed by atoms with Crippen molar-refractivity contribution < 1.29 is 9.53 Å². The molecule has 1 amide bonds. The molecule has 0 radical (unpaired) electrons. The van der Waals surface area contributed by atoms with Gasteiger partial charge in [-0.1, -0.05) is 20.8 Å². The van der Waals surface area contributed by atoms with Crippen LogP contribution in [0.15, 0.2) is 18.2 Å². The van der Waals surface area contributed by atoms with Gasteiger partial charge in [0.25, 0.3) is 0 Å². The van der Waals surface area contributed by atoms with Gasteiger partial charge >= 0.3 is 0 Å². The number of carbonyl (C=O) groups is 1. The number of aromatic nitrogens is 1. The third-order valence-corrected chi connectivity index (χ3v) is 5.05. The van der Waals surface area contributed by atoms with Gasteiger partial charge in [0.1, 0.15) is 5.75 Å². The number of ether oxygens (including phenoxy) is 1. The number of methoxy groups -OCH3 is 1. The fraction of sp³-hybridized carbons (Fsp3) is 0.550. The molecule has 1 unspecified atom stereocenters. The highest BCUT2D eigenvalue weighted by atomic mass is 16.5. The lowest BCUT2D eigenvalue weighted by Crippen LogP contribution is -2.43. The van der Waals surface area contributed by atoms with E-state index in [4.69, 9.17) is 4.74 Å². The Balaban J connectivity index is 1.91. The molecule has 0 saturated carbocycles. The molecule has 1 atom stereocenters. The summed E-state index contributed by atoms with van der Waals surface area (Å²) in [6.45, 7) is 9.02. The normalized spacial score (nSPS) is 18.4. The lowest BCUT2D eigenvalue weighted by atomic mass is 9.93. The summed E-state index contributed by atoms with van der Waals surface area (Å²) in [6.07, 6.45) is 3.08. The molecule has 3 rings (SSSR count). The van der Waals surface area contributed by atoms with Gasteiger partial charge in [0.15, 0.2) is 0 Å². The molecule has 4 heteroatoms. The molecule has 2 aromatic rings. The number of benzene rings is 1. The van der Waals surface area contributed by atoms with E-state index < -0.39 is 0 Å². The number of fused-ring (bicyclic) bond motifs is 1. The largest absolute Gasteiger partial charge is 0.497 e. The zero-order valence-electron chi connectivity index (χ0n) is 15.4. The molecule has 0 bridgehead atoms. The molecule has 0 spiro atoms. The predicted octanol–water partition coefficient (Wildman–Crippen LogP) is 4.06. The van der Waals surface area contributed by atoms with Gasteiger partial charge in [-0.15, -0.1) is 0 Å². The Kier molecular flexibility index (Phi) is 4.33. The molecule has 1 aliphatic rings. The first-order chi connectivity index (χ1) is 11.3. The number of hydrogen-bond acceptors (Lipinski definition) is 2. The topological polar surface area (TPSA) is 45.3 Å². The van der Waals surface area contributed by atoms with Crippen molar-refractivity contribution in [3.05, 3.63) is 29.5 Å². The van der Waals surface area contributed by atoms with Crippen LogP contribution in [0.5, 0.6) is 5.75 Å². The summed E-state index contributed by atoms with van der Waals surface area (Å²) >= 11 is 0. The quantitative estimate of drug-likeness (QED) is 0.923. The smallest absolute Gasteiger partial charge is 0.228 e. The first kappa shape index (κ1) is 16.9. The van der Waals surface area contributed by atoms with E-state index in [0.29, 0.717) is 6.04 Å². The van der Waals surface area contributed by atoms with Gasteiger partial charge in [-0.3, -0.25) is 4.79 Å². The Labute approximate surface area is 144 Å². The summed E-state index contributed by atoms with van der Waals surface area (Å²) in [7, 11) is 1.70. The number of nitrogens with one attached hydrogen (secondary N) is 1. The van der Waals surface area contributed by atoms with Crippen molar-refractivity contribution in [2.45, 2.75) is 53.0 Å². The van der Waals surface area contributed by atoms with E-state index in [1.165, 1.54) is 16.6 Å². The van der Waals surface area contributed by atoms with Gasteiger partial charge in [0.05, 0.1) is 7.11 Å². The standard InChI is InChI=1S/C20H28N2O2/c1-13-16(17-12-15(24-5)8-9-18(17)21-13)11-14-7-6-10-22(14)19(23)20(2,3)4/h8-9,12,14,21H,6-7,10-11H2,1-5H3. The third-order valence-electron chi connectivity index (χ3n) is 5.05. The second kappa shape index (κ2) is 6.15. The van der Waals surface area contributed by atoms with Gasteiger partial charge in [0, 0.05) is 34.6 Å². The molecule has 0 aliphatic carbocycles. The molecular formula is C20H28N2O2. The van der Waals surface area contributed by atoms with Crippen molar-refractivity contribution in [1.82, 2.24) is 9.88 Å². The monoisotopic (exact) mass is 328 g/mol. The average molecular weight is 328 g/mol. The van der Waals surface area contributed by atoms with E-state index in [2.05, 4.69) is 28.9 Å². The maximum atomic E-state index is 12.8. The predicted molar refractivity (Wildman–Crippen MR) is 97.5 cm³/mol. The number of likely N-dealkylation sites (tertiary alicyclic amines) is 1. The number of carbonyl (C=O) groups excluding carboxylic acids is 1. The van der Waals surface area contributed by atoms with Gasteiger partial charge in [-0.25, -0.2) is 0 Å². The van der Waals surface area contributed by atoms with Crippen molar-refractivity contribution in [3.63, 3.8) is 0 Å². The minimum absolute atomic E-state index is 0.264. The van der Waals surface area contributed by atoms with Crippen LogP contribution in [0.25, 0.3) is 10.9 Å². The lowest BCUT2D eigenvalue weighted by molar-refractivity contribution is -0.140. The summed E-state index contributed by atoms with van der Waals surface area (Å²) in [5, 5.41) is 1.21. The minimum atomic E-state index is -0.318. The summed E-state index contributed by atoms with van der Waals surface area (Å²) in [6, 6.07) is 6.43. The highest BCUT2D eigenvalue weighted by Crippen LogP contribution is 2.32. The number of aromatic amines is 1. The van der Waals surface area contributed by atoms with Crippen LogP contribution >= 0.6 is 0 Å². The zero-order valence-corrected chi connectivity index (χ0v) is 15.4. The summed E-state index contributed by atoms with van der Waals surface area (Å²) in [5.74, 6) is 1.14. The van der Waals surface area contributed by atoms with E-state index in [1.807, 2.05) is 26.8 Å².